The average Bonchev–Trinajstić information content (AvgIpc) is 3.28. The summed E-state index contributed by atoms with van der Waals surface area (Å²) in [5.74, 6) is 3.66. The largest absolute Gasteiger partial charge is 0.459 e. The highest BCUT2D eigenvalue weighted by Gasteiger charge is 2.66. The summed E-state index contributed by atoms with van der Waals surface area (Å²) in [6.45, 7) is 2.56. The summed E-state index contributed by atoms with van der Waals surface area (Å²) >= 11 is 3.72. The minimum atomic E-state index is -0.167. The van der Waals surface area contributed by atoms with Crippen LogP contribution in [0.25, 0.3) is 0 Å². The van der Waals surface area contributed by atoms with Gasteiger partial charge in [-0.05, 0) is 111 Å². The van der Waals surface area contributed by atoms with Crippen molar-refractivity contribution >= 4 is 27.7 Å². The van der Waals surface area contributed by atoms with E-state index >= 15 is 0 Å². The Hall–Kier alpha value is -1.16. The molecular weight excluding hydrogens is 464 g/mol. The Morgan fingerprint density at radius 2 is 1.81 bits per heavy atom. The summed E-state index contributed by atoms with van der Waals surface area (Å²) in [7, 11) is 0. The topological polar surface area (TPSA) is 43.4 Å². The third kappa shape index (κ3) is 3.03. The zero-order chi connectivity index (χ0) is 22.1. The molecule has 1 aromatic carbocycles. The minimum absolute atomic E-state index is 0.0599. The van der Waals surface area contributed by atoms with Crippen LogP contribution in [0.1, 0.15) is 81.5 Å². The van der Waals surface area contributed by atoms with Gasteiger partial charge in [-0.15, -0.1) is 0 Å². The molecule has 0 radical (unpaired) electrons. The molecule has 32 heavy (non-hydrogen) atoms. The number of Topliss-reactive ketones (excluding diaryl/α,β-unsaturated/α-hetero) is 1. The molecule has 1 aromatic rings. The molecule has 0 heterocycles. The van der Waals surface area contributed by atoms with Crippen molar-refractivity contribution in [1.29, 1.82) is 0 Å². The molecule has 9 atom stereocenters. The highest BCUT2D eigenvalue weighted by Crippen LogP contribution is 2.70. The van der Waals surface area contributed by atoms with Crippen molar-refractivity contribution in [2.75, 3.05) is 0 Å². The summed E-state index contributed by atoms with van der Waals surface area (Å²) in [6, 6.07) is 9.42. The summed E-state index contributed by atoms with van der Waals surface area (Å²) in [5, 5.41) is 0. The predicted octanol–water partition coefficient (Wildman–Crippen LogP) is 6.59. The number of rotatable bonds is 2. The van der Waals surface area contributed by atoms with E-state index in [2.05, 4.69) is 22.9 Å². The Morgan fingerprint density at radius 1 is 1.00 bits per heavy atom. The van der Waals surface area contributed by atoms with Gasteiger partial charge in [-0.1, -0.05) is 41.1 Å². The molecule has 0 aliphatic heterocycles. The van der Waals surface area contributed by atoms with E-state index in [-0.39, 0.29) is 16.9 Å². The highest BCUT2D eigenvalue weighted by molar-refractivity contribution is 9.10. The molecule has 5 saturated carbocycles. The van der Waals surface area contributed by atoms with Crippen molar-refractivity contribution in [1.82, 2.24) is 0 Å². The zero-order valence-electron chi connectivity index (χ0n) is 19.1. The van der Waals surface area contributed by atoms with Crippen molar-refractivity contribution < 1.29 is 14.3 Å². The van der Waals surface area contributed by atoms with Gasteiger partial charge in [0, 0.05) is 5.92 Å². The van der Waals surface area contributed by atoms with Gasteiger partial charge in [0.05, 0.1) is 10.4 Å². The third-order valence-corrected chi connectivity index (χ3v) is 11.6. The van der Waals surface area contributed by atoms with E-state index in [4.69, 9.17) is 4.74 Å². The van der Waals surface area contributed by atoms with Crippen molar-refractivity contribution in [2.24, 2.45) is 40.4 Å². The second kappa shape index (κ2) is 7.68. The van der Waals surface area contributed by atoms with Crippen molar-refractivity contribution in [3.63, 3.8) is 0 Å². The molecule has 172 valence electrons. The standard InChI is InChI=1S/C28H35BrO3/c1-27-13-11-19(32-26(31)17-5-3-2-4-6-17)15-18(27)7-8-20-21(27)12-14-28-16-24(29)25(30)23(28)10-9-22(20)28/h2-6,18-24H,7-16H2,1H3/t18-,19+,20?,21?,22?,23+,24?,27-,28+/m0/s1. The van der Waals surface area contributed by atoms with Gasteiger partial charge in [0.1, 0.15) is 11.9 Å². The van der Waals surface area contributed by atoms with Crippen LogP contribution in [-0.4, -0.2) is 22.7 Å². The fourth-order valence-corrected chi connectivity index (χ4v) is 10.3. The van der Waals surface area contributed by atoms with E-state index in [0.717, 1.165) is 43.4 Å². The van der Waals surface area contributed by atoms with E-state index in [1.165, 1.54) is 38.5 Å². The number of hydrogen-bond donors (Lipinski definition) is 0. The second-order valence-electron chi connectivity index (χ2n) is 11.8. The number of alkyl halides is 1. The summed E-state index contributed by atoms with van der Waals surface area (Å²) in [4.78, 5) is 25.5. The molecular formula is C28H35BrO3. The molecule has 0 saturated heterocycles. The maximum Gasteiger partial charge on any atom is 0.338 e. The lowest BCUT2D eigenvalue weighted by molar-refractivity contribution is -0.134. The van der Waals surface area contributed by atoms with E-state index in [9.17, 15) is 9.59 Å². The van der Waals surface area contributed by atoms with E-state index in [0.29, 0.717) is 34.0 Å². The lowest BCUT2D eigenvalue weighted by atomic mass is 9.44. The fourth-order valence-electron chi connectivity index (χ4n) is 9.40. The maximum atomic E-state index is 12.8. The Balaban J connectivity index is 1.17. The zero-order valence-corrected chi connectivity index (χ0v) is 20.7. The number of carbonyl (C=O) groups excluding carboxylic acids is 2. The molecule has 0 N–H and O–H groups in total. The molecule has 0 amide bonds. The molecule has 5 aliphatic rings. The SMILES string of the molecule is C[C@]12CC[C@@H](OC(=O)c3ccccc3)C[C@@H]1CCC1C3CC[C@@H]4C(=O)C(Br)C[C@]34CCC12. The van der Waals surface area contributed by atoms with Crippen LogP contribution in [0.4, 0.5) is 0 Å². The van der Waals surface area contributed by atoms with Crippen LogP contribution in [0.5, 0.6) is 0 Å². The number of carbonyl (C=O) groups is 2. The second-order valence-corrected chi connectivity index (χ2v) is 12.9. The minimum Gasteiger partial charge on any atom is -0.459 e. The molecule has 4 unspecified atom stereocenters. The molecule has 5 aliphatic carbocycles. The number of esters is 1. The molecule has 6 rings (SSSR count). The van der Waals surface area contributed by atoms with Gasteiger partial charge >= 0.3 is 5.97 Å². The number of ether oxygens (including phenoxy) is 1. The van der Waals surface area contributed by atoms with Crippen molar-refractivity contribution in [3.05, 3.63) is 35.9 Å². The maximum absolute atomic E-state index is 12.8. The van der Waals surface area contributed by atoms with Crippen LogP contribution in [-0.2, 0) is 9.53 Å². The monoisotopic (exact) mass is 498 g/mol. The smallest absolute Gasteiger partial charge is 0.338 e. The first-order chi connectivity index (χ1) is 15.4. The average molecular weight is 499 g/mol. The Kier molecular flexibility index (Phi) is 5.13. The number of benzene rings is 1. The summed E-state index contributed by atoms with van der Waals surface area (Å²) < 4.78 is 5.97. The lowest BCUT2D eigenvalue weighted by Gasteiger charge is -2.61. The van der Waals surface area contributed by atoms with Crippen molar-refractivity contribution in [2.45, 2.75) is 82.1 Å². The normalized spacial score (nSPS) is 47.2. The van der Waals surface area contributed by atoms with Crippen LogP contribution in [0.15, 0.2) is 30.3 Å². The molecule has 5 fully saturated rings. The Labute approximate surface area is 200 Å². The van der Waals surface area contributed by atoms with Crippen LogP contribution in [0, 0.1) is 40.4 Å². The molecule has 0 aromatic heterocycles. The summed E-state index contributed by atoms with van der Waals surface area (Å²) in [5.41, 5.74) is 1.33. The van der Waals surface area contributed by atoms with Gasteiger partial charge < -0.3 is 4.74 Å². The van der Waals surface area contributed by atoms with Gasteiger partial charge in [0.15, 0.2) is 0 Å². The van der Waals surface area contributed by atoms with E-state index in [1.54, 1.807) is 0 Å². The first kappa shape index (κ1) is 21.4. The van der Waals surface area contributed by atoms with Crippen LogP contribution in [0.2, 0.25) is 0 Å². The summed E-state index contributed by atoms with van der Waals surface area (Å²) in [6.07, 6.45) is 11.9. The van der Waals surface area contributed by atoms with E-state index < -0.39 is 0 Å². The highest BCUT2D eigenvalue weighted by atomic mass is 79.9. The van der Waals surface area contributed by atoms with E-state index in [1.807, 2.05) is 30.3 Å². The number of hydrogen-bond acceptors (Lipinski definition) is 3. The third-order valence-electron chi connectivity index (χ3n) is 10.8. The van der Waals surface area contributed by atoms with Crippen LogP contribution in [0.3, 0.4) is 0 Å². The van der Waals surface area contributed by atoms with Crippen molar-refractivity contribution in [3.8, 4) is 0 Å². The quantitative estimate of drug-likeness (QED) is 0.341. The molecule has 0 bridgehead atoms. The van der Waals surface area contributed by atoms with Gasteiger partial charge in [-0.25, -0.2) is 4.79 Å². The fraction of sp³-hybridized carbons (Fsp3) is 0.714. The Morgan fingerprint density at radius 3 is 2.62 bits per heavy atom. The van der Waals surface area contributed by atoms with Gasteiger partial charge in [-0.2, -0.15) is 0 Å². The lowest BCUT2D eigenvalue weighted by Crippen LogP contribution is -2.54. The molecule has 3 nitrogen and oxygen atoms in total. The van der Waals surface area contributed by atoms with Gasteiger partial charge in [-0.3, -0.25) is 4.79 Å². The van der Waals surface area contributed by atoms with Crippen LogP contribution < -0.4 is 0 Å². The van der Waals surface area contributed by atoms with Gasteiger partial charge in [0.2, 0.25) is 0 Å². The first-order valence-electron chi connectivity index (χ1n) is 12.9. The molecule has 4 heteroatoms. The first-order valence-corrected chi connectivity index (χ1v) is 13.8. The predicted molar refractivity (Wildman–Crippen MR) is 128 cm³/mol. The number of ketones is 1. The Bertz CT molecular complexity index is 915. The number of fused-ring (bicyclic) bond motifs is 4. The molecule has 1 spiro atoms. The van der Waals surface area contributed by atoms with Crippen LogP contribution >= 0.6 is 15.9 Å². The van der Waals surface area contributed by atoms with Gasteiger partial charge in [0.25, 0.3) is 0 Å². The number of halogens is 1.